The average Bonchev–Trinajstić information content (AvgIpc) is 2.05. The minimum atomic E-state index is 0.670. The largest absolute Gasteiger partial charge is 0.248 e. The molecule has 12 heavy (non-hydrogen) atoms. The third-order valence-corrected chi connectivity index (χ3v) is 1.62. The molecule has 1 aromatic rings. The molecule has 0 unspecified atom stereocenters. The summed E-state index contributed by atoms with van der Waals surface area (Å²) >= 11 is 0. The number of hydrogen-bond acceptors (Lipinski definition) is 1. The Morgan fingerprint density at radius 3 is 2.67 bits per heavy atom. The van der Waals surface area contributed by atoms with Gasteiger partial charge >= 0.3 is 0 Å². The van der Waals surface area contributed by atoms with Crippen LogP contribution in [0.5, 0.6) is 0 Å². The summed E-state index contributed by atoms with van der Waals surface area (Å²) in [5, 5.41) is 0. The molecule has 62 valence electrons. The van der Waals surface area contributed by atoms with Crippen LogP contribution >= 0.6 is 0 Å². The standard InChI is InChI=1S/C11H13N/c1-4-11-6-5-10(8-12-11)7-9(2)3/h1,5-6,8-9H,7H2,2-3H3. The molecular formula is C11H13N. The second-order valence-corrected chi connectivity index (χ2v) is 3.29. The van der Waals surface area contributed by atoms with Crippen molar-refractivity contribution in [2.24, 2.45) is 5.92 Å². The molecule has 1 rings (SSSR count). The Morgan fingerprint density at radius 1 is 1.50 bits per heavy atom. The van der Waals surface area contributed by atoms with E-state index in [-0.39, 0.29) is 0 Å². The van der Waals surface area contributed by atoms with Crippen molar-refractivity contribution in [3.8, 4) is 12.3 Å². The molecule has 0 aliphatic heterocycles. The normalized spacial score (nSPS) is 9.83. The molecule has 0 atom stereocenters. The maximum Gasteiger partial charge on any atom is 0.112 e. The summed E-state index contributed by atoms with van der Waals surface area (Å²) in [7, 11) is 0. The van der Waals surface area contributed by atoms with E-state index in [9.17, 15) is 0 Å². The van der Waals surface area contributed by atoms with Crippen LogP contribution in [0, 0.1) is 18.3 Å². The topological polar surface area (TPSA) is 12.9 Å². The number of rotatable bonds is 2. The van der Waals surface area contributed by atoms with Crippen LogP contribution < -0.4 is 0 Å². The van der Waals surface area contributed by atoms with Gasteiger partial charge in [-0.1, -0.05) is 25.8 Å². The summed E-state index contributed by atoms with van der Waals surface area (Å²) in [4.78, 5) is 4.11. The summed E-state index contributed by atoms with van der Waals surface area (Å²) < 4.78 is 0. The van der Waals surface area contributed by atoms with Crippen LogP contribution in [0.2, 0.25) is 0 Å². The summed E-state index contributed by atoms with van der Waals surface area (Å²) in [5.74, 6) is 3.17. The highest BCUT2D eigenvalue weighted by Crippen LogP contribution is 2.06. The first-order chi connectivity index (χ1) is 5.72. The van der Waals surface area contributed by atoms with Crippen molar-refractivity contribution in [1.82, 2.24) is 4.98 Å². The van der Waals surface area contributed by atoms with Crippen molar-refractivity contribution in [2.75, 3.05) is 0 Å². The average molecular weight is 159 g/mol. The van der Waals surface area contributed by atoms with Crippen molar-refractivity contribution in [2.45, 2.75) is 20.3 Å². The van der Waals surface area contributed by atoms with Crippen LogP contribution in [-0.2, 0) is 6.42 Å². The molecule has 0 N–H and O–H groups in total. The monoisotopic (exact) mass is 159 g/mol. The lowest BCUT2D eigenvalue weighted by Gasteiger charge is -2.03. The van der Waals surface area contributed by atoms with E-state index in [1.54, 1.807) is 0 Å². The molecule has 1 nitrogen and oxygen atoms in total. The second kappa shape index (κ2) is 3.92. The van der Waals surface area contributed by atoms with Crippen molar-refractivity contribution in [3.05, 3.63) is 29.6 Å². The fourth-order valence-electron chi connectivity index (χ4n) is 1.10. The van der Waals surface area contributed by atoms with E-state index in [1.807, 2.05) is 18.3 Å². The first kappa shape index (κ1) is 8.80. The van der Waals surface area contributed by atoms with E-state index >= 15 is 0 Å². The molecular weight excluding hydrogens is 146 g/mol. The van der Waals surface area contributed by atoms with Gasteiger partial charge in [-0.05, 0) is 24.0 Å². The number of nitrogens with zero attached hydrogens (tertiary/aromatic N) is 1. The number of aromatic nitrogens is 1. The quantitative estimate of drug-likeness (QED) is 0.603. The van der Waals surface area contributed by atoms with Crippen molar-refractivity contribution in [1.29, 1.82) is 0 Å². The van der Waals surface area contributed by atoms with Gasteiger partial charge in [0.25, 0.3) is 0 Å². The van der Waals surface area contributed by atoms with Crippen LogP contribution in [-0.4, -0.2) is 4.98 Å². The zero-order chi connectivity index (χ0) is 8.97. The van der Waals surface area contributed by atoms with Crippen molar-refractivity contribution < 1.29 is 0 Å². The predicted octanol–water partition coefficient (Wildman–Crippen LogP) is 2.26. The van der Waals surface area contributed by atoms with Gasteiger partial charge in [0, 0.05) is 6.20 Å². The Kier molecular flexibility index (Phi) is 2.88. The zero-order valence-electron chi connectivity index (χ0n) is 7.54. The Morgan fingerprint density at radius 2 is 2.25 bits per heavy atom. The fraction of sp³-hybridized carbons (Fsp3) is 0.364. The minimum Gasteiger partial charge on any atom is -0.248 e. The van der Waals surface area contributed by atoms with Crippen LogP contribution in [0.25, 0.3) is 0 Å². The summed E-state index contributed by atoms with van der Waals surface area (Å²) in [6, 6.07) is 3.93. The van der Waals surface area contributed by atoms with Gasteiger partial charge in [-0.3, -0.25) is 0 Å². The molecule has 0 fully saturated rings. The molecule has 0 aliphatic carbocycles. The van der Waals surface area contributed by atoms with Gasteiger partial charge in [0.15, 0.2) is 0 Å². The Balaban J connectivity index is 2.73. The van der Waals surface area contributed by atoms with E-state index in [2.05, 4.69) is 24.8 Å². The number of pyridine rings is 1. The second-order valence-electron chi connectivity index (χ2n) is 3.29. The molecule has 0 radical (unpaired) electrons. The predicted molar refractivity (Wildman–Crippen MR) is 50.7 cm³/mol. The number of hydrogen-bond donors (Lipinski definition) is 0. The third kappa shape index (κ3) is 2.39. The lowest BCUT2D eigenvalue weighted by molar-refractivity contribution is 0.645. The van der Waals surface area contributed by atoms with Gasteiger partial charge in [0.1, 0.15) is 5.69 Å². The Hall–Kier alpha value is -1.29. The van der Waals surface area contributed by atoms with Gasteiger partial charge in [-0.15, -0.1) is 6.42 Å². The highest BCUT2D eigenvalue weighted by Gasteiger charge is 1.97. The maximum atomic E-state index is 5.19. The molecule has 1 heteroatoms. The Labute approximate surface area is 73.8 Å². The Bertz CT molecular complexity index is 277. The minimum absolute atomic E-state index is 0.670. The SMILES string of the molecule is C#Cc1ccc(CC(C)C)cn1. The zero-order valence-corrected chi connectivity index (χ0v) is 7.54. The summed E-state index contributed by atoms with van der Waals surface area (Å²) in [5.41, 5.74) is 1.96. The molecule has 0 saturated heterocycles. The lowest BCUT2D eigenvalue weighted by atomic mass is 10.0. The third-order valence-electron chi connectivity index (χ3n) is 1.62. The lowest BCUT2D eigenvalue weighted by Crippen LogP contribution is -1.95. The van der Waals surface area contributed by atoms with E-state index in [0.717, 1.165) is 6.42 Å². The van der Waals surface area contributed by atoms with Crippen LogP contribution in [0.15, 0.2) is 18.3 Å². The molecule has 0 aliphatic rings. The summed E-state index contributed by atoms with van der Waals surface area (Å²) in [6.07, 6.45) is 8.11. The van der Waals surface area contributed by atoms with Crippen LogP contribution in [0.4, 0.5) is 0 Å². The van der Waals surface area contributed by atoms with Crippen LogP contribution in [0.1, 0.15) is 25.1 Å². The smallest absolute Gasteiger partial charge is 0.112 e. The van der Waals surface area contributed by atoms with Gasteiger partial charge in [0.05, 0.1) is 0 Å². The van der Waals surface area contributed by atoms with E-state index in [1.165, 1.54) is 5.56 Å². The first-order valence-corrected chi connectivity index (χ1v) is 4.14. The van der Waals surface area contributed by atoms with E-state index in [0.29, 0.717) is 11.6 Å². The number of terminal acetylenes is 1. The molecule has 0 saturated carbocycles. The van der Waals surface area contributed by atoms with Gasteiger partial charge in [-0.2, -0.15) is 0 Å². The molecule has 0 bridgehead atoms. The van der Waals surface area contributed by atoms with Crippen LogP contribution in [0.3, 0.4) is 0 Å². The highest BCUT2D eigenvalue weighted by atomic mass is 14.7. The molecule has 0 spiro atoms. The summed E-state index contributed by atoms with van der Waals surface area (Å²) in [6.45, 7) is 4.38. The van der Waals surface area contributed by atoms with Gasteiger partial charge in [0.2, 0.25) is 0 Å². The molecule has 1 heterocycles. The van der Waals surface area contributed by atoms with Gasteiger partial charge < -0.3 is 0 Å². The molecule has 1 aromatic heterocycles. The van der Waals surface area contributed by atoms with Crippen molar-refractivity contribution >= 4 is 0 Å². The maximum absolute atomic E-state index is 5.19. The van der Waals surface area contributed by atoms with E-state index in [4.69, 9.17) is 6.42 Å². The van der Waals surface area contributed by atoms with Gasteiger partial charge in [-0.25, -0.2) is 4.98 Å². The van der Waals surface area contributed by atoms with E-state index < -0.39 is 0 Å². The highest BCUT2D eigenvalue weighted by molar-refractivity contribution is 5.26. The molecule has 0 aromatic carbocycles. The molecule has 0 amide bonds. The van der Waals surface area contributed by atoms with Crippen molar-refractivity contribution in [3.63, 3.8) is 0 Å². The fourth-order valence-corrected chi connectivity index (χ4v) is 1.10. The first-order valence-electron chi connectivity index (χ1n) is 4.14.